The SMILES string of the molecule is Cc1ocnc1C(=O)N(CCN)CCc1ccccc1. The van der Waals surface area contributed by atoms with Crippen LogP contribution in [0.15, 0.2) is 41.1 Å². The lowest BCUT2D eigenvalue weighted by molar-refractivity contribution is 0.0755. The summed E-state index contributed by atoms with van der Waals surface area (Å²) in [5, 5.41) is 0. The lowest BCUT2D eigenvalue weighted by atomic mass is 10.1. The number of nitrogens with zero attached hydrogens (tertiary/aromatic N) is 2. The summed E-state index contributed by atoms with van der Waals surface area (Å²) in [6, 6.07) is 10.1. The third-order valence-electron chi connectivity index (χ3n) is 3.15. The first-order valence-corrected chi connectivity index (χ1v) is 6.65. The van der Waals surface area contributed by atoms with Crippen molar-refractivity contribution in [3.8, 4) is 0 Å². The van der Waals surface area contributed by atoms with Crippen LogP contribution in [0.25, 0.3) is 0 Å². The van der Waals surface area contributed by atoms with Gasteiger partial charge in [0.05, 0.1) is 0 Å². The Bertz CT molecular complexity index is 551. The van der Waals surface area contributed by atoms with Gasteiger partial charge in [0.2, 0.25) is 0 Å². The van der Waals surface area contributed by atoms with Crippen molar-refractivity contribution in [1.82, 2.24) is 9.88 Å². The molecule has 0 saturated carbocycles. The van der Waals surface area contributed by atoms with E-state index in [0.717, 1.165) is 6.42 Å². The molecule has 0 unspecified atom stereocenters. The average molecular weight is 273 g/mol. The van der Waals surface area contributed by atoms with E-state index >= 15 is 0 Å². The van der Waals surface area contributed by atoms with Crippen LogP contribution in [0.4, 0.5) is 0 Å². The molecular formula is C15H19N3O2. The van der Waals surface area contributed by atoms with Crippen LogP contribution in [0.5, 0.6) is 0 Å². The first-order chi connectivity index (χ1) is 9.72. The van der Waals surface area contributed by atoms with Crippen LogP contribution in [0.3, 0.4) is 0 Å². The molecular weight excluding hydrogens is 254 g/mol. The normalized spacial score (nSPS) is 10.5. The van der Waals surface area contributed by atoms with Gasteiger partial charge in [-0.2, -0.15) is 0 Å². The van der Waals surface area contributed by atoms with E-state index in [2.05, 4.69) is 4.98 Å². The van der Waals surface area contributed by atoms with Gasteiger partial charge >= 0.3 is 0 Å². The number of benzene rings is 1. The highest BCUT2D eigenvalue weighted by Gasteiger charge is 2.20. The number of carbonyl (C=O) groups excluding carboxylic acids is 1. The minimum Gasteiger partial charge on any atom is -0.448 e. The minimum atomic E-state index is -0.127. The largest absolute Gasteiger partial charge is 0.448 e. The predicted molar refractivity (Wildman–Crippen MR) is 76.3 cm³/mol. The zero-order valence-corrected chi connectivity index (χ0v) is 11.6. The number of amides is 1. The van der Waals surface area contributed by atoms with Crippen molar-refractivity contribution in [1.29, 1.82) is 0 Å². The molecule has 2 aromatic rings. The highest BCUT2D eigenvalue weighted by atomic mass is 16.3. The van der Waals surface area contributed by atoms with Gasteiger partial charge in [-0.15, -0.1) is 0 Å². The van der Waals surface area contributed by atoms with Gasteiger partial charge in [0.15, 0.2) is 12.1 Å². The quantitative estimate of drug-likeness (QED) is 0.868. The number of hydrogen-bond acceptors (Lipinski definition) is 4. The predicted octanol–water partition coefficient (Wildman–Crippen LogP) is 1.63. The van der Waals surface area contributed by atoms with Crippen LogP contribution in [-0.4, -0.2) is 35.4 Å². The van der Waals surface area contributed by atoms with Gasteiger partial charge < -0.3 is 15.1 Å². The minimum absolute atomic E-state index is 0.127. The molecule has 0 bridgehead atoms. The fourth-order valence-corrected chi connectivity index (χ4v) is 2.04. The lowest BCUT2D eigenvalue weighted by Gasteiger charge is -2.21. The van der Waals surface area contributed by atoms with Gasteiger partial charge in [-0.05, 0) is 18.9 Å². The second-order valence-corrected chi connectivity index (χ2v) is 4.57. The molecule has 1 aromatic carbocycles. The first kappa shape index (κ1) is 14.3. The number of nitrogens with two attached hydrogens (primary N) is 1. The molecule has 0 fully saturated rings. The van der Waals surface area contributed by atoms with Crippen molar-refractivity contribution in [3.63, 3.8) is 0 Å². The molecule has 0 saturated heterocycles. The second-order valence-electron chi connectivity index (χ2n) is 4.57. The molecule has 0 radical (unpaired) electrons. The Labute approximate surface area is 118 Å². The number of oxazole rings is 1. The molecule has 1 heterocycles. The van der Waals surface area contributed by atoms with Gasteiger partial charge in [0.25, 0.3) is 5.91 Å². The van der Waals surface area contributed by atoms with Crippen LogP contribution in [0.1, 0.15) is 21.8 Å². The Balaban J connectivity index is 2.03. The molecule has 0 aliphatic rings. The van der Waals surface area contributed by atoms with E-state index in [-0.39, 0.29) is 5.91 Å². The molecule has 1 aromatic heterocycles. The van der Waals surface area contributed by atoms with Crippen molar-refractivity contribution in [3.05, 3.63) is 53.7 Å². The summed E-state index contributed by atoms with van der Waals surface area (Å²) in [7, 11) is 0. The molecule has 2 rings (SSSR count). The van der Waals surface area contributed by atoms with E-state index in [1.54, 1.807) is 11.8 Å². The standard InChI is InChI=1S/C15H19N3O2/c1-12-14(17-11-20-12)15(19)18(10-8-16)9-7-13-5-3-2-4-6-13/h2-6,11H,7-10,16H2,1H3. The molecule has 1 amide bonds. The highest BCUT2D eigenvalue weighted by molar-refractivity contribution is 5.93. The molecule has 5 nitrogen and oxygen atoms in total. The maximum Gasteiger partial charge on any atom is 0.276 e. The van der Waals surface area contributed by atoms with Crippen molar-refractivity contribution >= 4 is 5.91 Å². The summed E-state index contributed by atoms with van der Waals surface area (Å²) in [5.41, 5.74) is 7.15. The number of aromatic nitrogens is 1. The number of rotatable bonds is 6. The Morgan fingerprint density at radius 1 is 1.30 bits per heavy atom. The highest BCUT2D eigenvalue weighted by Crippen LogP contribution is 2.09. The fraction of sp³-hybridized carbons (Fsp3) is 0.333. The Hall–Kier alpha value is -2.14. The van der Waals surface area contributed by atoms with Crippen LogP contribution >= 0.6 is 0 Å². The smallest absolute Gasteiger partial charge is 0.276 e. The van der Waals surface area contributed by atoms with Crippen LogP contribution < -0.4 is 5.73 Å². The average Bonchev–Trinajstić information content (AvgIpc) is 2.90. The third kappa shape index (κ3) is 3.45. The molecule has 0 aliphatic carbocycles. The van der Waals surface area contributed by atoms with Crippen molar-refractivity contribution in [2.24, 2.45) is 5.73 Å². The van der Waals surface area contributed by atoms with Gasteiger partial charge in [0.1, 0.15) is 5.76 Å². The van der Waals surface area contributed by atoms with E-state index in [0.29, 0.717) is 31.1 Å². The summed E-state index contributed by atoms with van der Waals surface area (Å²) in [6.45, 7) is 3.29. The first-order valence-electron chi connectivity index (χ1n) is 6.65. The van der Waals surface area contributed by atoms with Gasteiger partial charge in [0, 0.05) is 19.6 Å². The topological polar surface area (TPSA) is 72.4 Å². The van der Waals surface area contributed by atoms with E-state index < -0.39 is 0 Å². The number of carbonyl (C=O) groups is 1. The molecule has 2 N–H and O–H groups in total. The number of hydrogen-bond donors (Lipinski definition) is 1. The zero-order valence-electron chi connectivity index (χ0n) is 11.6. The fourth-order valence-electron chi connectivity index (χ4n) is 2.04. The summed E-state index contributed by atoms with van der Waals surface area (Å²) < 4.78 is 5.09. The molecule has 0 atom stereocenters. The molecule has 0 aliphatic heterocycles. The maximum absolute atomic E-state index is 12.4. The van der Waals surface area contributed by atoms with Crippen molar-refractivity contribution in [2.45, 2.75) is 13.3 Å². The number of aryl methyl sites for hydroxylation is 1. The van der Waals surface area contributed by atoms with Gasteiger partial charge in [-0.3, -0.25) is 4.79 Å². The molecule has 20 heavy (non-hydrogen) atoms. The van der Waals surface area contributed by atoms with E-state index in [1.807, 2.05) is 30.3 Å². The summed E-state index contributed by atoms with van der Waals surface area (Å²) in [6.07, 6.45) is 2.09. The van der Waals surface area contributed by atoms with Gasteiger partial charge in [-0.25, -0.2) is 4.98 Å². The van der Waals surface area contributed by atoms with E-state index in [9.17, 15) is 4.79 Å². The molecule has 106 valence electrons. The van der Waals surface area contributed by atoms with E-state index in [1.165, 1.54) is 12.0 Å². The van der Waals surface area contributed by atoms with Crippen LogP contribution in [0, 0.1) is 6.92 Å². The molecule has 0 spiro atoms. The second kappa shape index (κ2) is 6.86. The van der Waals surface area contributed by atoms with Gasteiger partial charge in [-0.1, -0.05) is 30.3 Å². The van der Waals surface area contributed by atoms with Crippen molar-refractivity contribution < 1.29 is 9.21 Å². The Kier molecular flexibility index (Phi) is 4.90. The van der Waals surface area contributed by atoms with Crippen LogP contribution in [0.2, 0.25) is 0 Å². The summed E-state index contributed by atoms with van der Waals surface area (Å²) in [5.74, 6) is 0.411. The van der Waals surface area contributed by atoms with E-state index in [4.69, 9.17) is 10.2 Å². The third-order valence-corrected chi connectivity index (χ3v) is 3.15. The monoisotopic (exact) mass is 273 g/mol. The summed E-state index contributed by atoms with van der Waals surface area (Å²) >= 11 is 0. The lowest BCUT2D eigenvalue weighted by Crippen LogP contribution is -2.37. The summed E-state index contributed by atoms with van der Waals surface area (Å²) in [4.78, 5) is 18.1. The Morgan fingerprint density at radius 2 is 2.05 bits per heavy atom. The molecule has 5 heteroatoms. The zero-order chi connectivity index (χ0) is 14.4. The van der Waals surface area contributed by atoms with Crippen molar-refractivity contribution in [2.75, 3.05) is 19.6 Å². The maximum atomic E-state index is 12.4. The Morgan fingerprint density at radius 3 is 2.65 bits per heavy atom. The van der Waals surface area contributed by atoms with Crippen LogP contribution in [-0.2, 0) is 6.42 Å².